The number of nitrogens with zero attached hydrogens (tertiary/aromatic N) is 1. The number of aryl methyl sites for hydroxylation is 2. The van der Waals surface area contributed by atoms with Crippen LogP contribution in [0.1, 0.15) is 21.7 Å². The van der Waals surface area contributed by atoms with Crippen molar-refractivity contribution in [3.63, 3.8) is 0 Å². The minimum Gasteiger partial charge on any atom is -0.451 e. The maximum Gasteiger partial charge on any atom is 0.291 e. The third kappa shape index (κ3) is 4.38. The highest BCUT2D eigenvalue weighted by molar-refractivity contribution is 6.42. The summed E-state index contributed by atoms with van der Waals surface area (Å²) in [7, 11) is 0. The lowest BCUT2D eigenvalue weighted by molar-refractivity contribution is 0.0997. The highest BCUT2D eigenvalue weighted by Gasteiger charge is 2.15. The summed E-state index contributed by atoms with van der Waals surface area (Å²) in [5, 5.41) is 3.71. The molecule has 5 aromatic rings. The van der Waals surface area contributed by atoms with Gasteiger partial charge in [0.15, 0.2) is 11.3 Å². The number of halogens is 2. The number of benzene rings is 3. The minimum absolute atomic E-state index is 0.173. The van der Waals surface area contributed by atoms with Crippen LogP contribution in [0.15, 0.2) is 75.6 Å². The molecule has 0 aliphatic rings. The Morgan fingerprint density at radius 1 is 0.818 bits per heavy atom. The van der Waals surface area contributed by atoms with Crippen LogP contribution in [0, 0.1) is 13.8 Å². The van der Waals surface area contributed by atoms with Gasteiger partial charge in [-0.15, -0.1) is 0 Å². The minimum atomic E-state index is -0.376. The molecular formula is C26H18Cl2N2O3. The Morgan fingerprint density at radius 2 is 1.61 bits per heavy atom. The van der Waals surface area contributed by atoms with Crippen LogP contribution in [0.5, 0.6) is 0 Å². The van der Waals surface area contributed by atoms with Gasteiger partial charge in [0.05, 0.1) is 10.0 Å². The van der Waals surface area contributed by atoms with Crippen LogP contribution in [-0.4, -0.2) is 10.9 Å². The maximum atomic E-state index is 12.7. The van der Waals surface area contributed by atoms with E-state index in [2.05, 4.69) is 16.4 Å². The second-order valence-electron chi connectivity index (χ2n) is 7.82. The number of carbonyl (C=O) groups is 1. The Hall–Kier alpha value is -3.54. The number of furan rings is 1. The summed E-state index contributed by atoms with van der Waals surface area (Å²) in [5.74, 6) is 0.854. The molecule has 0 spiro atoms. The third-order valence-electron chi connectivity index (χ3n) is 5.15. The lowest BCUT2D eigenvalue weighted by Gasteiger charge is -2.03. The van der Waals surface area contributed by atoms with Crippen molar-refractivity contribution in [3.8, 4) is 22.8 Å². The van der Waals surface area contributed by atoms with Gasteiger partial charge in [-0.25, -0.2) is 4.98 Å². The summed E-state index contributed by atoms with van der Waals surface area (Å²) in [6, 6.07) is 20.0. The third-order valence-corrected chi connectivity index (χ3v) is 5.89. The molecule has 0 saturated heterocycles. The number of fused-ring (bicyclic) bond motifs is 1. The number of anilines is 1. The first-order valence-electron chi connectivity index (χ1n) is 10.2. The molecule has 1 amide bonds. The Bertz CT molecular complexity index is 1500. The van der Waals surface area contributed by atoms with E-state index in [1.54, 1.807) is 48.5 Å². The predicted molar refractivity (Wildman–Crippen MR) is 131 cm³/mol. The van der Waals surface area contributed by atoms with E-state index in [-0.39, 0.29) is 11.7 Å². The number of oxazole rings is 1. The van der Waals surface area contributed by atoms with E-state index in [4.69, 9.17) is 32.0 Å². The molecule has 33 heavy (non-hydrogen) atoms. The van der Waals surface area contributed by atoms with E-state index in [0.29, 0.717) is 38.5 Å². The summed E-state index contributed by atoms with van der Waals surface area (Å²) in [6.45, 7) is 4.07. The fourth-order valence-corrected chi connectivity index (χ4v) is 3.98. The topological polar surface area (TPSA) is 68.3 Å². The summed E-state index contributed by atoms with van der Waals surface area (Å²) in [5.41, 5.74) is 5.80. The van der Waals surface area contributed by atoms with Crippen molar-refractivity contribution in [2.45, 2.75) is 13.8 Å². The van der Waals surface area contributed by atoms with Crippen LogP contribution in [0.4, 0.5) is 5.69 Å². The van der Waals surface area contributed by atoms with Gasteiger partial charge < -0.3 is 14.2 Å². The molecule has 5 nitrogen and oxygen atoms in total. The summed E-state index contributed by atoms with van der Waals surface area (Å²) < 4.78 is 11.6. The molecule has 5 rings (SSSR count). The fourth-order valence-electron chi connectivity index (χ4n) is 3.68. The molecule has 0 aliphatic heterocycles. The van der Waals surface area contributed by atoms with Crippen LogP contribution in [0.3, 0.4) is 0 Å². The summed E-state index contributed by atoms with van der Waals surface area (Å²) in [6.07, 6.45) is 0. The molecule has 0 bridgehead atoms. The van der Waals surface area contributed by atoms with Gasteiger partial charge in [-0.05, 0) is 74.5 Å². The molecule has 0 atom stereocenters. The van der Waals surface area contributed by atoms with E-state index < -0.39 is 0 Å². The van der Waals surface area contributed by atoms with Gasteiger partial charge in [0.25, 0.3) is 5.91 Å². The van der Waals surface area contributed by atoms with E-state index >= 15 is 0 Å². The lowest BCUT2D eigenvalue weighted by Crippen LogP contribution is -2.10. The second kappa shape index (κ2) is 8.43. The second-order valence-corrected chi connectivity index (χ2v) is 8.64. The average Bonchev–Trinajstić information content (AvgIpc) is 3.42. The normalized spacial score (nSPS) is 11.2. The highest BCUT2D eigenvalue weighted by Crippen LogP contribution is 2.30. The molecule has 0 fully saturated rings. The van der Waals surface area contributed by atoms with E-state index in [1.165, 1.54) is 0 Å². The number of hydrogen-bond donors (Lipinski definition) is 1. The molecule has 2 aromatic heterocycles. The number of amides is 1. The molecule has 2 heterocycles. The van der Waals surface area contributed by atoms with Crippen LogP contribution in [0.2, 0.25) is 10.0 Å². The fraction of sp³-hybridized carbons (Fsp3) is 0.0769. The molecule has 164 valence electrons. The number of nitrogens with one attached hydrogen (secondary N) is 1. The molecule has 3 aromatic carbocycles. The number of rotatable bonds is 4. The van der Waals surface area contributed by atoms with Gasteiger partial charge in [0, 0.05) is 16.8 Å². The Balaban J connectivity index is 1.37. The average molecular weight is 477 g/mol. The van der Waals surface area contributed by atoms with Gasteiger partial charge in [0.1, 0.15) is 11.3 Å². The quantitative estimate of drug-likeness (QED) is 0.285. The first-order valence-corrected chi connectivity index (χ1v) is 11.0. The summed E-state index contributed by atoms with van der Waals surface area (Å²) >= 11 is 12.0. The zero-order valence-electron chi connectivity index (χ0n) is 17.8. The van der Waals surface area contributed by atoms with Gasteiger partial charge in [-0.1, -0.05) is 40.4 Å². The van der Waals surface area contributed by atoms with Crippen molar-refractivity contribution in [2.75, 3.05) is 5.32 Å². The number of aromatic nitrogens is 1. The molecule has 0 unspecified atom stereocenters. The smallest absolute Gasteiger partial charge is 0.291 e. The number of carbonyl (C=O) groups excluding carboxylic acids is 1. The molecule has 0 aliphatic carbocycles. The molecular weight excluding hydrogens is 459 g/mol. The maximum absolute atomic E-state index is 12.7. The summed E-state index contributed by atoms with van der Waals surface area (Å²) in [4.78, 5) is 17.3. The van der Waals surface area contributed by atoms with Crippen molar-refractivity contribution in [3.05, 3.63) is 93.7 Å². The van der Waals surface area contributed by atoms with Gasteiger partial charge in [-0.3, -0.25) is 4.79 Å². The van der Waals surface area contributed by atoms with Crippen LogP contribution in [-0.2, 0) is 0 Å². The van der Waals surface area contributed by atoms with Crippen molar-refractivity contribution in [1.82, 2.24) is 4.98 Å². The highest BCUT2D eigenvalue weighted by atomic mass is 35.5. The predicted octanol–water partition coefficient (Wildman–Crippen LogP) is 7.93. The lowest BCUT2D eigenvalue weighted by atomic mass is 10.1. The first-order chi connectivity index (χ1) is 15.9. The zero-order chi connectivity index (χ0) is 23.1. The largest absolute Gasteiger partial charge is 0.451 e. The van der Waals surface area contributed by atoms with E-state index in [1.807, 2.05) is 26.0 Å². The van der Waals surface area contributed by atoms with Crippen LogP contribution < -0.4 is 5.32 Å². The van der Waals surface area contributed by atoms with Gasteiger partial charge in [-0.2, -0.15) is 0 Å². The van der Waals surface area contributed by atoms with Gasteiger partial charge in [0.2, 0.25) is 5.89 Å². The monoisotopic (exact) mass is 476 g/mol. The van der Waals surface area contributed by atoms with Crippen molar-refractivity contribution < 1.29 is 13.6 Å². The van der Waals surface area contributed by atoms with Crippen LogP contribution in [0.25, 0.3) is 33.9 Å². The van der Waals surface area contributed by atoms with Crippen molar-refractivity contribution >= 4 is 45.9 Å². The van der Waals surface area contributed by atoms with E-state index in [0.717, 1.165) is 22.3 Å². The Labute approximate surface area is 200 Å². The Morgan fingerprint density at radius 3 is 2.36 bits per heavy atom. The SMILES string of the molecule is Cc1cc(C)cc(-c2nc3cc(NC(=O)c4ccc(-c5ccc(Cl)c(Cl)c5)o4)ccc3o2)c1. The molecule has 0 radical (unpaired) electrons. The van der Waals surface area contributed by atoms with Crippen LogP contribution >= 0.6 is 23.2 Å². The molecule has 7 heteroatoms. The van der Waals surface area contributed by atoms with Crippen molar-refractivity contribution in [1.29, 1.82) is 0 Å². The van der Waals surface area contributed by atoms with E-state index in [9.17, 15) is 4.79 Å². The molecule has 0 saturated carbocycles. The Kier molecular flexibility index (Phi) is 5.44. The first kappa shape index (κ1) is 21.3. The standard InChI is InChI=1S/C26H18Cl2N2O3/c1-14-9-15(2)11-17(10-14)26-30-21-13-18(4-6-23(21)33-26)29-25(31)24-8-7-22(32-24)16-3-5-19(27)20(28)12-16/h3-13H,1-2H3,(H,29,31). The number of hydrogen-bond acceptors (Lipinski definition) is 4. The molecule has 1 N–H and O–H groups in total. The van der Waals surface area contributed by atoms with Crippen molar-refractivity contribution in [2.24, 2.45) is 0 Å². The van der Waals surface area contributed by atoms with Gasteiger partial charge >= 0.3 is 0 Å². The zero-order valence-corrected chi connectivity index (χ0v) is 19.3.